The van der Waals surface area contributed by atoms with E-state index in [1.807, 2.05) is 42.4 Å². The van der Waals surface area contributed by atoms with Crippen LogP contribution in [-0.4, -0.2) is 9.97 Å². The smallest absolute Gasteiger partial charge is 0.104 e. The third-order valence-corrected chi connectivity index (χ3v) is 10.6. The van der Waals surface area contributed by atoms with Gasteiger partial charge in [0.05, 0.1) is 11.4 Å². The number of benzene rings is 5. The van der Waals surface area contributed by atoms with Gasteiger partial charge in [0.15, 0.2) is 0 Å². The number of aromatic nitrogens is 2. The number of pyridine rings is 2. The first kappa shape index (κ1) is 25.6. The molecule has 2 aliphatic rings. The van der Waals surface area contributed by atoms with E-state index in [4.69, 9.17) is 4.98 Å². The van der Waals surface area contributed by atoms with Crippen molar-refractivity contribution in [2.45, 2.75) is 29.5 Å². The first-order valence-corrected chi connectivity index (χ1v) is 16.0. The maximum atomic E-state index is 4.92. The highest BCUT2D eigenvalue weighted by atomic mass is 32.2. The summed E-state index contributed by atoms with van der Waals surface area (Å²) in [7, 11) is 0. The Morgan fingerprint density at radius 3 is 2.23 bits per heavy atom. The van der Waals surface area contributed by atoms with E-state index in [1.165, 1.54) is 65.5 Å². The molecule has 0 amide bonds. The Balaban J connectivity index is 1.35. The van der Waals surface area contributed by atoms with Crippen molar-refractivity contribution in [3.8, 4) is 33.6 Å². The lowest BCUT2D eigenvalue weighted by molar-refractivity contribution is 0.661. The van der Waals surface area contributed by atoms with E-state index in [9.17, 15) is 0 Å². The maximum Gasteiger partial charge on any atom is 0.104 e. The second-order valence-corrected chi connectivity index (χ2v) is 13.4. The Morgan fingerprint density at radius 1 is 0.636 bits per heavy atom. The Kier molecular flexibility index (Phi) is 5.54. The highest BCUT2D eigenvalue weighted by Crippen LogP contribution is 2.55. The number of hydrogen-bond donors (Lipinski definition) is 1. The van der Waals surface area contributed by atoms with Crippen LogP contribution >= 0.6 is 11.8 Å². The zero-order valence-corrected chi connectivity index (χ0v) is 25.3. The highest BCUT2D eigenvalue weighted by Gasteiger charge is 2.37. The van der Waals surface area contributed by atoms with Crippen LogP contribution in [-0.2, 0) is 5.41 Å². The van der Waals surface area contributed by atoms with Gasteiger partial charge in [0.1, 0.15) is 5.37 Å². The quantitative estimate of drug-likeness (QED) is 0.210. The summed E-state index contributed by atoms with van der Waals surface area (Å²) in [5.74, 6) is 0. The van der Waals surface area contributed by atoms with Gasteiger partial charge in [-0.1, -0.05) is 98.4 Å². The van der Waals surface area contributed by atoms with Crippen LogP contribution in [0.2, 0.25) is 0 Å². The minimum atomic E-state index is -0.0964. The molecular weight excluding hydrogens is 555 g/mol. The van der Waals surface area contributed by atoms with Crippen LogP contribution in [0.3, 0.4) is 0 Å². The van der Waals surface area contributed by atoms with Gasteiger partial charge in [0, 0.05) is 39.5 Å². The molecule has 1 aliphatic heterocycles. The van der Waals surface area contributed by atoms with Crippen LogP contribution < -0.4 is 5.32 Å². The molecule has 1 N–H and O–H groups in total. The number of anilines is 1. The molecule has 0 bridgehead atoms. The number of fused-ring (bicyclic) bond motifs is 6. The molecule has 44 heavy (non-hydrogen) atoms. The van der Waals surface area contributed by atoms with Gasteiger partial charge >= 0.3 is 0 Å². The Morgan fingerprint density at radius 2 is 1.41 bits per heavy atom. The van der Waals surface area contributed by atoms with Crippen LogP contribution in [0, 0.1) is 0 Å². The van der Waals surface area contributed by atoms with E-state index in [-0.39, 0.29) is 10.8 Å². The third kappa shape index (κ3) is 3.71. The van der Waals surface area contributed by atoms with Crippen LogP contribution in [0.5, 0.6) is 0 Å². The summed E-state index contributed by atoms with van der Waals surface area (Å²) in [5, 5.41) is 9.04. The second-order valence-electron chi connectivity index (χ2n) is 12.2. The fourth-order valence-corrected chi connectivity index (χ4v) is 8.54. The molecule has 210 valence electrons. The average molecular weight is 584 g/mol. The number of thioether (sulfide) groups is 1. The topological polar surface area (TPSA) is 37.8 Å². The first-order chi connectivity index (χ1) is 21.6. The van der Waals surface area contributed by atoms with Crippen molar-refractivity contribution >= 4 is 39.0 Å². The SMILES string of the molecule is CC1(C)c2ccccc2-c2cc3c(C4Nc5ccccc5S4)c4ccccc4c(-c4ccc(-c5ccccn5)nc4)c3cc21. The largest absolute Gasteiger partial charge is 0.368 e. The summed E-state index contributed by atoms with van der Waals surface area (Å²) < 4.78 is 0. The van der Waals surface area contributed by atoms with Gasteiger partial charge in [-0.05, 0) is 91.8 Å². The molecule has 5 aromatic carbocycles. The first-order valence-electron chi connectivity index (χ1n) is 15.1. The predicted octanol–water partition coefficient (Wildman–Crippen LogP) is 10.6. The molecule has 9 rings (SSSR count). The molecule has 4 heteroatoms. The van der Waals surface area contributed by atoms with E-state index in [0.29, 0.717) is 0 Å². The van der Waals surface area contributed by atoms with Crippen molar-refractivity contribution in [2.24, 2.45) is 0 Å². The molecule has 2 aromatic heterocycles. The number of nitrogens with zero attached hydrogens (tertiary/aromatic N) is 2. The summed E-state index contributed by atoms with van der Waals surface area (Å²) in [6.45, 7) is 4.72. The molecule has 0 saturated carbocycles. The van der Waals surface area contributed by atoms with E-state index in [1.54, 1.807) is 0 Å². The summed E-state index contributed by atoms with van der Waals surface area (Å²) >= 11 is 1.91. The minimum Gasteiger partial charge on any atom is -0.368 e. The van der Waals surface area contributed by atoms with Crippen LogP contribution in [0.25, 0.3) is 55.2 Å². The van der Waals surface area contributed by atoms with Gasteiger partial charge in [-0.25, -0.2) is 0 Å². The third-order valence-electron chi connectivity index (χ3n) is 9.43. The van der Waals surface area contributed by atoms with Gasteiger partial charge in [0.25, 0.3) is 0 Å². The van der Waals surface area contributed by atoms with Crippen LogP contribution in [0.15, 0.2) is 133 Å². The monoisotopic (exact) mass is 583 g/mol. The van der Waals surface area contributed by atoms with Crippen molar-refractivity contribution in [3.63, 3.8) is 0 Å². The molecule has 3 nitrogen and oxygen atoms in total. The van der Waals surface area contributed by atoms with Crippen molar-refractivity contribution in [1.29, 1.82) is 0 Å². The zero-order valence-electron chi connectivity index (χ0n) is 24.5. The van der Waals surface area contributed by atoms with E-state index in [0.717, 1.165) is 17.0 Å². The zero-order chi connectivity index (χ0) is 29.4. The van der Waals surface area contributed by atoms with Crippen LogP contribution in [0.4, 0.5) is 5.69 Å². The number of para-hydroxylation sites is 1. The lowest BCUT2D eigenvalue weighted by Gasteiger charge is -2.25. The Labute approximate surface area is 261 Å². The molecule has 1 unspecified atom stereocenters. The summed E-state index contributed by atoms with van der Waals surface area (Å²) in [6, 6.07) is 41.7. The number of rotatable bonds is 3. The standard InChI is InChI=1S/C40H29N3S/c1-40(2)31-14-6-5-11-25(31)28-21-29-30(22-32(28)40)37(24-18-19-34(42-23-24)33-15-9-10-20-41-33)26-12-3-4-13-27(26)38(29)39-43-35-16-7-8-17-36(35)44-39/h3-23,39,43H,1-2H3. The minimum absolute atomic E-state index is 0.0964. The van der Waals surface area contributed by atoms with E-state index < -0.39 is 0 Å². The molecule has 1 atom stereocenters. The highest BCUT2D eigenvalue weighted by molar-refractivity contribution is 8.00. The molecule has 0 spiro atoms. The number of hydrogen-bond acceptors (Lipinski definition) is 4. The molecule has 1 aliphatic carbocycles. The van der Waals surface area contributed by atoms with Crippen LogP contribution in [0.1, 0.15) is 35.9 Å². The lowest BCUT2D eigenvalue weighted by Crippen LogP contribution is -2.15. The molecule has 0 radical (unpaired) electrons. The van der Waals surface area contributed by atoms with Crippen molar-refractivity contribution < 1.29 is 0 Å². The summed E-state index contributed by atoms with van der Waals surface area (Å²) in [5.41, 5.74) is 12.0. The molecule has 7 aromatic rings. The van der Waals surface area contributed by atoms with Crippen molar-refractivity contribution in [3.05, 3.63) is 144 Å². The normalized spacial score (nSPS) is 16.0. The lowest BCUT2D eigenvalue weighted by atomic mass is 9.80. The van der Waals surface area contributed by atoms with Gasteiger partial charge in [0.2, 0.25) is 0 Å². The average Bonchev–Trinajstić information content (AvgIpc) is 3.59. The molecule has 3 heterocycles. The van der Waals surface area contributed by atoms with E-state index >= 15 is 0 Å². The van der Waals surface area contributed by atoms with Gasteiger partial charge in [-0.2, -0.15) is 0 Å². The van der Waals surface area contributed by atoms with Gasteiger partial charge in [-0.15, -0.1) is 0 Å². The molecule has 0 fully saturated rings. The fraction of sp³-hybridized carbons (Fsp3) is 0.100. The van der Waals surface area contributed by atoms with Gasteiger partial charge in [-0.3, -0.25) is 9.97 Å². The summed E-state index contributed by atoms with van der Waals surface area (Å²) in [6.07, 6.45) is 3.84. The van der Waals surface area contributed by atoms with E-state index in [2.05, 4.69) is 121 Å². The summed E-state index contributed by atoms with van der Waals surface area (Å²) in [4.78, 5) is 10.7. The number of nitrogens with one attached hydrogen (secondary N) is 1. The molecule has 0 saturated heterocycles. The van der Waals surface area contributed by atoms with Gasteiger partial charge < -0.3 is 5.32 Å². The van der Waals surface area contributed by atoms with Crippen molar-refractivity contribution in [1.82, 2.24) is 9.97 Å². The molecular formula is C40H29N3S. The fourth-order valence-electron chi connectivity index (χ4n) is 7.32. The Bertz CT molecular complexity index is 2230. The predicted molar refractivity (Wildman–Crippen MR) is 184 cm³/mol. The maximum absolute atomic E-state index is 4.92. The van der Waals surface area contributed by atoms with Crippen molar-refractivity contribution in [2.75, 3.05) is 5.32 Å². The Hall–Kier alpha value is -4.93. The second kappa shape index (κ2) is 9.54.